The first-order valence-electron chi connectivity index (χ1n) is 10.9. The van der Waals surface area contributed by atoms with Gasteiger partial charge in [-0.15, -0.1) is 0 Å². The molecule has 0 aliphatic carbocycles. The number of ether oxygens (including phenoxy) is 1. The van der Waals surface area contributed by atoms with Crippen molar-refractivity contribution in [3.05, 3.63) is 60.4 Å². The highest BCUT2D eigenvalue weighted by Crippen LogP contribution is 2.34. The van der Waals surface area contributed by atoms with E-state index in [1.165, 1.54) is 4.90 Å². The van der Waals surface area contributed by atoms with Crippen LogP contribution in [0.4, 0.5) is 0 Å². The molecule has 0 bridgehead atoms. The van der Waals surface area contributed by atoms with Gasteiger partial charge in [0.15, 0.2) is 11.8 Å². The van der Waals surface area contributed by atoms with E-state index in [0.717, 1.165) is 28.0 Å². The normalized spacial score (nSPS) is 12.2. The number of nitrogens with one attached hydrogen (secondary N) is 1. The average Bonchev–Trinajstić information content (AvgIpc) is 3.29. The third-order valence-corrected chi connectivity index (χ3v) is 5.63. The lowest BCUT2D eigenvalue weighted by atomic mass is 10.1. The van der Waals surface area contributed by atoms with Crippen molar-refractivity contribution in [2.75, 3.05) is 41.3 Å². The highest BCUT2D eigenvalue weighted by Gasteiger charge is 2.23. The zero-order valence-corrected chi connectivity index (χ0v) is 19.7. The third-order valence-electron chi connectivity index (χ3n) is 5.63. The summed E-state index contributed by atoms with van der Waals surface area (Å²) in [6.07, 6.45) is 0.334. The molecule has 0 aliphatic heterocycles. The molecule has 9 heteroatoms. The fraction of sp³-hybridized carbons (Fsp3) is 0.280. The van der Waals surface area contributed by atoms with Crippen molar-refractivity contribution >= 4 is 16.9 Å². The quantitative estimate of drug-likeness (QED) is 0.416. The van der Waals surface area contributed by atoms with E-state index in [4.69, 9.17) is 4.74 Å². The topological polar surface area (TPSA) is 107 Å². The number of para-hydroxylation sites is 1. The van der Waals surface area contributed by atoms with Crippen molar-refractivity contribution in [1.29, 1.82) is 0 Å². The molecule has 0 saturated carbocycles. The zero-order valence-electron chi connectivity index (χ0n) is 19.7. The molecule has 3 aromatic heterocycles. The number of benzene rings is 1. The minimum absolute atomic E-state index is 0.288. The summed E-state index contributed by atoms with van der Waals surface area (Å²) in [5.74, 6) is 0.326. The van der Waals surface area contributed by atoms with Gasteiger partial charge >= 0.3 is 0 Å². The molecule has 176 valence electrons. The van der Waals surface area contributed by atoms with Crippen molar-refractivity contribution in [2.24, 2.45) is 0 Å². The molecule has 0 spiro atoms. The molecule has 0 fully saturated rings. The fourth-order valence-electron chi connectivity index (χ4n) is 3.66. The Bertz CT molecular complexity index is 1300. The Labute approximate surface area is 198 Å². The van der Waals surface area contributed by atoms with Gasteiger partial charge in [0.2, 0.25) is 0 Å². The summed E-state index contributed by atoms with van der Waals surface area (Å²) in [6.45, 7) is 1.21. The highest BCUT2D eigenvalue weighted by molar-refractivity contribution is 5.94. The Kier molecular flexibility index (Phi) is 6.85. The summed E-state index contributed by atoms with van der Waals surface area (Å²) < 4.78 is 5.50. The van der Waals surface area contributed by atoms with Crippen LogP contribution in [-0.4, -0.2) is 82.3 Å². The zero-order chi connectivity index (χ0) is 24.2. The van der Waals surface area contributed by atoms with Crippen LogP contribution in [0.25, 0.3) is 33.5 Å². The van der Waals surface area contributed by atoms with Gasteiger partial charge in [-0.25, -0.2) is 9.97 Å². The monoisotopic (exact) mass is 460 g/mol. The van der Waals surface area contributed by atoms with Crippen LogP contribution >= 0.6 is 0 Å². The lowest BCUT2D eigenvalue weighted by molar-refractivity contribution is -0.139. The van der Waals surface area contributed by atoms with E-state index in [1.807, 2.05) is 55.4 Å². The van der Waals surface area contributed by atoms with E-state index in [9.17, 15) is 9.90 Å². The van der Waals surface area contributed by atoms with Crippen molar-refractivity contribution in [3.63, 3.8) is 0 Å². The van der Waals surface area contributed by atoms with Crippen LogP contribution in [0.5, 0.6) is 5.75 Å². The fourth-order valence-corrected chi connectivity index (χ4v) is 3.66. The first-order valence-corrected chi connectivity index (χ1v) is 10.9. The maximum Gasteiger partial charge on any atom is 0.257 e. The van der Waals surface area contributed by atoms with E-state index >= 15 is 0 Å². The second-order valence-corrected chi connectivity index (χ2v) is 8.31. The molecule has 0 saturated heterocycles. The number of hydrogen-bond acceptors (Lipinski definition) is 7. The maximum atomic E-state index is 12.7. The van der Waals surface area contributed by atoms with Gasteiger partial charge in [-0.1, -0.05) is 18.2 Å². The van der Waals surface area contributed by atoms with Gasteiger partial charge in [0.1, 0.15) is 5.75 Å². The number of aliphatic hydroxyl groups excluding tert-OH is 1. The Morgan fingerprint density at radius 2 is 1.91 bits per heavy atom. The number of hydrogen-bond donors (Lipinski definition) is 2. The average molecular weight is 461 g/mol. The Hall–Kier alpha value is -3.82. The molecular weight excluding hydrogens is 432 g/mol. The number of likely N-dealkylation sites (N-methyl/N-ethyl adjacent to an activating group) is 2. The van der Waals surface area contributed by atoms with Crippen LogP contribution in [0.2, 0.25) is 0 Å². The van der Waals surface area contributed by atoms with E-state index < -0.39 is 12.0 Å². The van der Waals surface area contributed by atoms with E-state index in [0.29, 0.717) is 24.4 Å². The molecule has 3 heterocycles. The summed E-state index contributed by atoms with van der Waals surface area (Å²) in [5, 5.41) is 18.9. The molecule has 1 amide bonds. The second kappa shape index (κ2) is 9.98. The molecule has 1 aromatic carbocycles. The van der Waals surface area contributed by atoms with Crippen LogP contribution in [0.3, 0.4) is 0 Å². The number of fused-ring (bicyclic) bond motifs is 1. The van der Waals surface area contributed by atoms with Crippen LogP contribution in [-0.2, 0) is 4.79 Å². The standard InChI is InChI=1S/C25H28N6O3/c1-30(2)12-13-31(3)25(33)23(32)20-10-7-9-19(27-20)16-14-18-22(28-29-24(18)26-15-16)17-8-5-6-11-21(17)34-4/h5-11,14-15,23,32H,12-13H2,1-4H3,(H,26,28,29). The number of aromatic amines is 1. The van der Waals surface area contributed by atoms with Gasteiger partial charge in [0.25, 0.3) is 5.91 Å². The molecule has 1 unspecified atom stereocenters. The van der Waals surface area contributed by atoms with Crippen LogP contribution < -0.4 is 4.74 Å². The molecule has 34 heavy (non-hydrogen) atoms. The number of amides is 1. The van der Waals surface area contributed by atoms with Crippen molar-refractivity contribution in [1.82, 2.24) is 30.0 Å². The summed E-state index contributed by atoms with van der Waals surface area (Å²) >= 11 is 0. The number of aromatic nitrogens is 4. The molecule has 0 radical (unpaired) electrons. The van der Waals surface area contributed by atoms with Gasteiger partial charge in [-0.05, 0) is 44.4 Å². The molecular formula is C25H28N6O3. The van der Waals surface area contributed by atoms with Crippen molar-refractivity contribution in [3.8, 4) is 28.3 Å². The number of aliphatic hydroxyl groups is 1. The molecule has 0 aliphatic rings. The lowest BCUT2D eigenvalue weighted by Gasteiger charge is -2.22. The van der Waals surface area contributed by atoms with Gasteiger partial charge in [0.05, 0.1) is 24.2 Å². The lowest BCUT2D eigenvalue weighted by Crippen LogP contribution is -2.36. The first kappa shape index (κ1) is 23.3. The molecule has 2 N–H and O–H groups in total. The van der Waals surface area contributed by atoms with Gasteiger partial charge < -0.3 is 19.6 Å². The number of methoxy groups -OCH3 is 1. The maximum absolute atomic E-state index is 12.7. The Balaban J connectivity index is 1.65. The summed E-state index contributed by atoms with van der Waals surface area (Å²) in [7, 11) is 7.17. The molecule has 4 aromatic rings. The number of nitrogens with zero attached hydrogens (tertiary/aromatic N) is 5. The van der Waals surface area contributed by atoms with Crippen molar-refractivity contribution in [2.45, 2.75) is 6.10 Å². The number of carbonyl (C=O) groups excluding carboxylic acids is 1. The number of H-pyrrole nitrogens is 1. The predicted octanol–water partition coefficient (Wildman–Crippen LogP) is 2.75. The molecule has 4 rings (SSSR count). The SMILES string of the molecule is COc1ccccc1-c1[nH]nc2ncc(-c3cccc(C(O)C(=O)N(C)CCN(C)C)n3)cc12. The second-order valence-electron chi connectivity index (χ2n) is 8.31. The predicted molar refractivity (Wildman–Crippen MR) is 130 cm³/mol. The van der Waals surface area contributed by atoms with E-state index in [1.54, 1.807) is 32.5 Å². The minimum Gasteiger partial charge on any atom is -0.496 e. The van der Waals surface area contributed by atoms with Crippen molar-refractivity contribution < 1.29 is 14.6 Å². The smallest absolute Gasteiger partial charge is 0.257 e. The summed E-state index contributed by atoms with van der Waals surface area (Å²) in [4.78, 5) is 25.2. The summed E-state index contributed by atoms with van der Waals surface area (Å²) in [5.41, 5.74) is 3.86. The van der Waals surface area contributed by atoms with E-state index in [-0.39, 0.29) is 5.69 Å². The third kappa shape index (κ3) is 4.75. The first-order chi connectivity index (χ1) is 16.4. The molecule has 9 nitrogen and oxygen atoms in total. The Morgan fingerprint density at radius 1 is 1.12 bits per heavy atom. The number of carbonyl (C=O) groups is 1. The molecule has 1 atom stereocenters. The van der Waals surface area contributed by atoms with Gasteiger partial charge in [0, 0.05) is 42.8 Å². The van der Waals surface area contributed by atoms with Crippen LogP contribution in [0, 0.1) is 0 Å². The highest BCUT2D eigenvalue weighted by atomic mass is 16.5. The van der Waals surface area contributed by atoms with Crippen LogP contribution in [0.15, 0.2) is 54.7 Å². The van der Waals surface area contributed by atoms with Gasteiger partial charge in [-0.3, -0.25) is 9.89 Å². The summed E-state index contributed by atoms with van der Waals surface area (Å²) in [6, 6.07) is 14.9. The number of pyridine rings is 2. The Morgan fingerprint density at radius 3 is 2.68 bits per heavy atom. The minimum atomic E-state index is -1.35. The number of rotatable bonds is 8. The van der Waals surface area contributed by atoms with Gasteiger partial charge in [-0.2, -0.15) is 5.10 Å². The van der Waals surface area contributed by atoms with Crippen LogP contribution in [0.1, 0.15) is 11.8 Å². The largest absolute Gasteiger partial charge is 0.496 e. The van der Waals surface area contributed by atoms with E-state index in [2.05, 4.69) is 20.2 Å².